The van der Waals surface area contributed by atoms with Gasteiger partial charge in [-0.2, -0.15) is 0 Å². The van der Waals surface area contributed by atoms with Crippen LogP contribution in [0.2, 0.25) is 0 Å². The lowest BCUT2D eigenvalue weighted by molar-refractivity contribution is -0.144. The van der Waals surface area contributed by atoms with Crippen molar-refractivity contribution in [3.05, 3.63) is 64.9 Å². The number of likely N-dealkylation sites (tertiary alicyclic amines) is 1. The number of carbonyl (C=O) groups excluding carboxylic acids is 4. The first-order valence-corrected chi connectivity index (χ1v) is 18.8. The number of rotatable bonds is 12. The fraction of sp³-hybridized carbons (Fsp3) is 0.500. The molecule has 2 aliphatic rings. The molecule has 50 heavy (non-hydrogen) atoms. The first-order chi connectivity index (χ1) is 23.7. The lowest BCUT2D eigenvalue weighted by Gasteiger charge is -2.35. The smallest absolute Gasteiger partial charge is 0.280 e. The molecule has 1 aliphatic heterocycles. The van der Waals surface area contributed by atoms with E-state index in [0.717, 1.165) is 40.1 Å². The molecular formula is C36H45IN6O6S. The number of nitrogens with zero attached hydrogens (tertiary/aromatic N) is 3. The molecule has 3 heterocycles. The van der Waals surface area contributed by atoms with Crippen LogP contribution in [0.1, 0.15) is 76.2 Å². The zero-order valence-corrected chi connectivity index (χ0v) is 31.9. The number of hydrogen-bond donors (Lipinski definition) is 4. The van der Waals surface area contributed by atoms with Gasteiger partial charge in [-0.3, -0.25) is 19.2 Å². The van der Waals surface area contributed by atoms with Crippen LogP contribution in [0.3, 0.4) is 0 Å². The number of β-amino-alcohol motifs (C(OH)–C–C–N with tert-alkyl or cyclic N) is 1. The Morgan fingerprint density at radius 3 is 2.38 bits per heavy atom. The van der Waals surface area contributed by atoms with Crippen LogP contribution in [0.25, 0.3) is 10.4 Å². The quantitative estimate of drug-likeness (QED) is 0.114. The molecule has 4 N–H and O–H groups in total. The molecule has 12 nitrogen and oxygen atoms in total. The Labute approximate surface area is 310 Å². The van der Waals surface area contributed by atoms with Gasteiger partial charge in [0.25, 0.3) is 3.91 Å². The third kappa shape index (κ3) is 9.57. The molecule has 3 aromatic rings. The number of hydrogen-bond acceptors (Lipinski definition) is 9. The zero-order chi connectivity index (χ0) is 36.2. The Hall–Kier alpha value is -3.63. The van der Waals surface area contributed by atoms with Crippen LogP contribution in [-0.4, -0.2) is 78.5 Å². The normalized spacial score (nSPS) is 21.5. The molecule has 2 aromatic heterocycles. The Kier molecular flexibility index (Phi) is 12.2. The van der Waals surface area contributed by atoms with Crippen LogP contribution in [-0.2, 0) is 20.8 Å². The van der Waals surface area contributed by atoms with Crippen molar-refractivity contribution in [2.75, 3.05) is 6.54 Å². The van der Waals surface area contributed by atoms with Gasteiger partial charge in [0.2, 0.25) is 23.6 Å². The van der Waals surface area contributed by atoms with E-state index in [0.29, 0.717) is 12.3 Å². The Morgan fingerprint density at radius 1 is 1.06 bits per heavy atom. The van der Waals surface area contributed by atoms with Crippen molar-refractivity contribution < 1.29 is 29.0 Å². The van der Waals surface area contributed by atoms with Crippen molar-refractivity contribution in [2.24, 2.45) is 5.41 Å². The third-order valence-electron chi connectivity index (χ3n) is 9.20. The average molecular weight is 817 g/mol. The second kappa shape index (κ2) is 16.1. The lowest BCUT2D eigenvalue weighted by Crippen LogP contribution is -2.57. The highest BCUT2D eigenvalue weighted by atomic mass is 127. The lowest BCUT2D eigenvalue weighted by atomic mass is 9.85. The maximum Gasteiger partial charge on any atom is 0.280 e. The summed E-state index contributed by atoms with van der Waals surface area (Å²) in [6.07, 6.45) is 2.94. The van der Waals surface area contributed by atoms with E-state index in [1.807, 2.05) is 70.5 Å². The molecule has 268 valence electrons. The second-order valence-electron chi connectivity index (χ2n) is 14.2. The molecule has 4 amide bonds. The predicted molar refractivity (Wildman–Crippen MR) is 199 cm³/mol. The molecule has 0 unspecified atom stereocenters. The van der Waals surface area contributed by atoms with Gasteiger partial charge < -0.3 is 30.7 Å². The number of aryl methyl sites for hydroxylation is 2. The largest absolute Gasteiger partial charge is 0.474 e. The summed E-state index contributed by atoms with van der Waals surface area (Å²) in [5, 5.41) is 19.4. The van der Waals surface area contributed by atoms with Crippen LogP contribution < -0.4 is 20.7 Å². The minimum Gasteiger partial charge on any atom is -0.474 e. The second-order valence-corrected chi connectivity index (χ2v) is 16.0. The zero-order valence-electron chi connectivity index (χ0n) is 28.9. The first kappa shape index (κ1) is 37.6. The number of nitrogens with one attached hydrogen (secondary N) is 3. The summed E-state index contributed by atoms with van der Waals surface area (Å²) in [5.41, 5.74) is 4.94. The summed E-state index contributed by atoms with van der Waals surface area (Å²) in [5.74, 6) is -0.573. The minimum atomic E-state index is -0.909. The number of thiazole rings is 1. The molecule has 2 fully saturated rings. The number of pyridine rings is 1. The number of carbonyl (C=O) groups is 4. The van der Waals surface area contributed by atoms with Gasteiger partial charge in [0.1, 0.15) is 18.2 Å². The Bertz CT molecular complexity index is 1670. The molecule has 1 saturated carbocycles. The van der Waals surface area contributed by atoms with Crippen molar-refractivity contribution >= 4 is 55.6 Å². The molecule has 1 saturated heterocycles. The van der Waals surface area contributed by atoms with Crippen molar-refractivity contribution in [2.45, 2.75) is 103 Å². The molecular weight excluding hydrogens is 771 g/mol. The summed E-state index contributed by atoms with van der Waals surface area (Å²) < 4.78 is 5.79. The van der Waals surface area contributed by atoms with Gasteiger partial charge in [0.05, 0.1) is 28.2 Å². The van der Waals surface area contributed by atoms with E-state index in [1.54, 1.807) is 46.2 Å². The number of aliphatic hydroxyl groups excluding tert-OH is 1. The SMILES string of the molecule is Cc1ncsc1-c1ccc([C@H](C)NC(=O)[C@@H]2C[C@@H](O)CN2C(=O)[C@@H](NC(=O)CCc2ccc(O[C@H]3C[C@H](NC(=O)I)C3)nc2)C(C)(C)C)cc1. The minimum absolute atomic E-state index is 0.00153. The van der Waals surface area contributed by atoms with Gasteiger partial charge in [-0.25, -0.2) is 9.97 Å². The van der Waals surface area contributed by atoms with Gasteiger partial charge in [-0.15, -0.1) is 11.3 Å². The van der Waals surface area contributed by atoms with Gasteiger partial charge in [0.15, 0.2) is 0 Å². The van der Waals surface area contributed by atoms with E-state index in [4.69, 9.17) is 4.74 Å². The van der Waals surface area contributed by atoms with Gasteiger partial charge in [0, 0.05) is 73.1 Å². The summed E-state index contributed by atoms with van der Waals surface area (Å²) in [6, 6.07) is 9.59. The van der Waals surface area contributed by atoms with E-state index in [9.17, 15) is 24.3 Å². The van der Waals surface area contributed by atoms with Crippen LogP contribution in [0.15, 0.2) is 48.1 Å². The van der Waals surface area contributed by atoms with Gasteiger partial charge in [-0.1, -0.05) is 51.1 Å². The maximum absolute atomic E-state index is 14.0. The number of halogens is 1. The first-order valence-electron chi connectivity index (χ1n) is 16.8. The number of aliphatic hydroxyl groups is 1. The molecule has 0 radical (unpaired) electrons. The molecule has 1 aromatic carbocycles. The fourth-order valence-electron chi connectivity index (χ4n) is 6.25. The third-order valence-corrected chi connectivity index (χ3v) is 10.5. The number of aromatic nitrogens is 2. The van der Waals surface area contributed by atoms with E-state index < -0.39 is 29.5 Å². The summed E-state index contributed by atoms with van der Waals surface area (Å²) in [4.78, 5) is 63.1. The molecule has 4 atom stereocenters. The molecule has 0 spiro atoms. The number of benzene rings is 1. The van der Waals surface area contributed by atoms with Crippen LogP contribution in [0, 0.1) is 12.3 Å². The fourth-order valence-corrected chi connectivity index (χ4v) is 7.50. The predicted octanol–water partition coefficient (Wildman–Crippen LogP) is 4.87. The Balaban J connectivity index is 1.15. The van der Waals surface area contributed by atoms with Crippen LogP contribution >= 0.6 is 33.9 Å². The monoisotopic (exact) mass is 816 g/mol. The highest BCUT2D eigenvalue weighted by Gasteiger charge is 2.44. The molecule has 14 heteroatoms. The molecule has 1 aliphatic carbocycles. The van der Waals surface area contributed by atoms with Gasteiger partial charge in [-0.05, 0) is 42.4 Å². The van der Waals surface area contributed by atoms with Crippen molar-refractivity contribution in [3.63, 3.8) is 0 Å². The van der Waals surface area contributed by atoms with E-state index in [2.05, 4.69) is 25.9 Å². The highest BCUT2D eigenvalue weighted by molar-refractivity contribution is 14.1. The number of ether oxygens (including phenoxy) is 1. The standard InChI is InChI=1S/C36H45IN6O6S/c1-20(23-8-10-24(11-9-23)31-21(2)39-19-50-31)40-33(46)28-16-26(44)18-43(28)34(47)32(36(3,4)5)42-29(45)12-6-22-7-13-30(38-17-22)49-27-14-25(15-27)41-35(37)48/h7-11,13,17,19-20,25-28,32,44H,6,12,14-16,18H2,1-5H3,(H,40,46)(H,41,48)(H,42,45)/t20-,25-,26+,27-,28-,32+/m0/s1. The topological polar surface area (TPSA) is 163 Å². The molecule has 0 bridgehead atoms. The highest BCUT2D eigenvalue weighted by Crippen LogP contribution is 2.30. The van der Waals surface area contributed by atoms with Crippen LogP contribution in [0.5, 0.6) is 5.88 Å². The summed E-state index contributed by atoms with van der Waals surface area (Å²) >= 11 is 3.30. The summed E-state index contributed by atoms with van der Waals surface area (Å²) in [6.45, 7) is 9.44. The van der Waals surface area contributed by atoms with Crippen molar-refractivity contribution in [1.29, 1.82) is 0 Å². The Morgan fingerprint density at radius 2 is 1.78 bits per heavy atom. The van der Waals surface area contributed by atoms with Crippen LogP contribution in [0.4, 0.5) is 4.79 Å². The molecule has 5 rings (SSSR count). The number of amides is 4. The maximum atomic E-state index is 14.0. The van der Waals surface area contributed by atoms with Crippen molar-refractivity contribution in [3.8, 4) is 16.3 Å². The van der Waals surface area contributed by atoms with E-state index in [1.165, 1.54) is 4.90 Å². The average Bonchev–Trinajstić information content (AvgIpc) is 3.66. The van der Waals surface area contributed by atoms with E-state index in [-0.39, 0.29) is 53.3 Å². The van der Waals surface area contributed by atoms with E-state index >= 15 is 0 Å². The van der Waals surface area contributed by atoms with Crippen molar-refractivity contribution in [1.82, 2.24) is 30.8 Å². The van der Waals surface area contributed by atoms with Gasteiger partial charge >= 0.3 is 0 Å². The summed E-state index contributed by atoms with van der Waals surface area (Å²) in [7, 11) is 0.